The fourth-order valence-electron chi connectivity index (χ4n) is 3.87. The number of halogens is 1. The van der Waals surface area contributed by atoms with Crippen LogP contribution >= 0.6 is 23.8 Å². The third-order valence-electron chi connectivity index (χ3n) is 5.55. The summed E-state index contributed by atoms with van der Waals surface area (Å²) in [5.74, 6) is -0.0929. The highest BCUT2D eigenvalue weighted by Crippen LogP contribution is 2.31. The van der Waals surface area contributed by atoms with Crippen LogP contribution in [0.5, 0.6) is 0 Å². The average molecular weight is 474 g/mol. The van der Waals surface area contributed by atoms with Gasteiger partial charge in [0.05, 0.1) is 15.8 Å². The van der Waals surface area contributed by atoms with Crippen molar-refractivity contribution in [2.24, 2.45) is 0 Å². The Morgan fingerprint density at radius 3 is 2.59 bits per heavy atom. The van der Waals surface area contributed by atoms with Crippen molar-refractivity contribution in [3.05, 3.63) is 72.7 Å². The van der Waals surface area contributed by atoms with E-state index in [0.29, 0.717) is 47.8 Å². The molecule has 0 bridgehead atoms. The number of aromatic nitrogens is 2. The smallest absolute Gasteiger partial charge is 0.294 e. The number of H-pyrrole nitrogens is 1. The van der Waals surface area contributed by atoms with Gasteiger partial charge in [0.25, 0.3) is 11.2 Å². The molecule has 0 saturated carbocycles. The molecule has 0 atom stereocenters. The number of hydrogen-bond donors (Lipinski definition) is 1. The maximum atomic E-state index is 12.7. The van der Waals surface area contributed by atoms with Gasteiger partial charge in [0.2, 0.25) is 5.91 Å². The number of para-hydroxylation sites is 1. The number of carbonyl (C=O) groups excluding carboxylic acids is 1. The Balaban J connectivity index is 1.41. The van der Waals surface area contributed by atoms with Gasteiger partial charge < -0.3 is 14.8 Å². The van der Waals surface area contributed by atoms with Crippen LogP contribution in [0, 0.1) is 14.9 Å². The van der Waals surface area contributed by atoms with Crippen molar-refractivity contribution in [1.82, 2.24) is 14.5 Å². The number of hydrogen-bond acceptors (Lipinski definition) is 6. The molecular formula is C21H20ClN5O4S. The summed E-state index contributed by atoms with van der Waals surface area (Å²) in [4.78, 5) is 43.0. The third kappa shape index (κ3) is 4.37. The van der Waals surface area contributed by atoms with Crippen LogP contribution in [0.2, 0.25) is 5.02 Å². The molecule has 1 aliphatic heterocycles. The second-order valence-electron chi connectivity index (χ2n) is 7.44. The minimum atomic E-state index is -0.455. The molecule has 11 heteroatoms. The van der Waals surface area contributed by atoms with E-state index in [-0.39, 0.29) is 34.9 Å². The van der Waals surface area contributed by atoms with E-state index in [1.807, 2.05) is 11.0 Å². The molecule has 1 N–H and O–H groups in total. The molecule has 2 heterocycles. The first kappa shape index (κ1) is 22.0. The highest BCUT2D eigenvalue weighted by molar-refractivity contribution is 7.71. The van der Waals surface area contributed by atoms with Gasteiger partial charge in [-0.05, 0) is 36.5 Å². The number of nitro groups is 1. The maximum absolute atomic E-state index is 12.7. The number of nitrogens with one attached hydrogen (secondary N) is 1. The number of carbonyl (C=O) groups is 1. The Morgan fingerprint density at radius 2 is 1.88 bits per heavy atom. The summed E-state index contributed by atoms with van der Waals surface area (Å²) < 4.78 is 1.68. The van der Waals surface area contributed by atoms with Gasteiger partial charge >= 0.3 is 0 Å². The molecule has 166 valence electrons. The predicted octanol–water partition coefficient (Wildman–Crippen LogP) is 3.36. The van der Waals surface area contributed by atoms with Crippen LogP contribution < -0.4 is 10.5 Å². The second kappa shape index (κ2) is 9.09. The minimum absolute atomic E-state index is 0.0535. The molecule has 0 aliphatic carbocycles. The fourth-order valence-corrected chi connectivity index (χ4v) is 4.33. The molecule has 1 fully saturated rings. The number of nitro benzene ring substituents is 1. The summed E-state index contributed by atoms with van der Waals surface area (Å²) in [5, 5.41) is 12.2. The topological polar surface area (TPSA) is 104 Å². The molecule has 1 saturated heterocycles. The summed E-state index contributed by atoms with van der Waals surface area (Å²) in [6.45, 7) is 1.96. The number of nitrogens with zero attached hydrogens (tertiary/aromatic N) is 4. The van der Waals surface area contributed by atoms with E-state index in [0.717, 1.165) is 0 Å². The van der Waals surface area contributed by atoms with Crippen molar-refractivity contribution in [3.63, 3.8) is 0 Å². The number of amides is 1. The Bertz CT molecular complexity index is 1310. The van der Waals surface area contributed by atoms with Gasteiger partial charge in [0, 0.05) is 50.2 Å². The third-order valence-corrected chi connectivity index (χ3v) is 6.10. The Labute approximate surface area is 193 Å². The molecule has 3 aromatic rings. The quantitative estimate of drug-likeness (QED) is 0.346. The van der Waals surface area contributed by atoms with Gasteiger partial charge in [-0.1, -0.05) is 23.7 Å². The zero-order valence-electron chi connectivity index (χ0n) is 17.0. The van der Waals surface area contributed by atoms with Crippen molar-refractivity contribution >= 4 is 52.0 Å². The van der Waals surface area contributed by atoms with Gasteiger partial charge in [-0.15, -0.1) is 0 Å². The minimum Gasteiger partial charge on any atom is -0.362 e. The van der Waals surface area contributed by atoms with Gasteiger partial charge in [-0.3, -0.25) is 24.3 Å². The molecule has 0 spiro atoms. The van der Waals surface area contributed by atoms with Gasteiger partial charge in [-0.2, -0.15) is 0 Å². The average Bonchev–Trinajstić information content (AvgIpc) is 2.79. The van der Waals surface area contributed by atoms with E-state index in [1.54, 1.807) is 35.2 Å². The molecule has 1 aromatic heterocycles. The van der Waals surface area contributed by atoms with E-state index in [1.165, 1.54) is 10.6 Å². The van der Waals surface area contributed by atoms with E-state index in [9.17, 15) is 19.7 Å². The summed E-state index contributed by atoms with van der Waals surface area (Å²) in [6.07, 6.45) is 0.136. The normalized spacial score (nSPS) is 14.0. The maximum Gasteiger partial charge on any atom is 0.294 e. The predicted molar refractivity (Wildman–Crippen MR) is 125 cm³/mol. The molecular weight excluding hydrogens is 454 g/mol. The van der Waals surface area contributed by atoms with E-state index in [2.05, 4.69) is 4.98 Å². The first-order valence-electron chi connectivity index (χ1n) is 10.0. The summed E-state index contributed by atoms with van der Waals surface area (Å²) in [7, 11) is 0. The van der Waals surface area contributed by atoms with Crippen LogP contribution in [0.15, 0.2) is 47.3 Å². The van der Waals surface area contributed by atoms with Gasteiger partial charge in [-0.25, -0.2) is 0 Å². The lowest BCUT2D eigenvalue weighted by atomic mass is 10.2. The van der Waals surface area contributed by atoms with Crippen molar-refractivity contribution in [3.8, 4) is 0 Å². The molecule has 32 heavy (non-hydrogen) atoms. The first-order valence-corrected chi connectivity index (χ1v) is 10.8. The lowest BCUT2D eigenvalue weighted by molar-refractivity contribution is -0.384. The number of rotatable bonds is 5. The monoisotopic (exact) mass is 473 g/mol. The van der Waals surface area contributed by atoms with Crippen LogP contribution in [0.25, 0.3) is 10.9 Å². The largest absolute Gasteiger partial charge is 0.362 e. The van der Waals surface area contributed by atoms with Crippen LogP contribution in [0.1, 0.15) is 6.42 Å². The molecule has 1 amide bonds. The number of benzene rings is 2. The highest BCUT2D eigenvalue weighted by Gasteiger charge is 2.26. The van der Waals surface area contributed by atoms with Crippen LogP contribution in [-0.4, -0.2) is 51.5 Å². The summed E-state index contributed by atoms with van der Waals surface area (Å²) >= 11 is 11.2. The number of fused-ring (bicyclic) bond motifs is 1. The van der Waals surface area contributed by atoms with Crippen molar-refractivity contribution in [2.45, 2.75) is 13.0 Å². The van der Waals surface area contributed by atoms with Crippen LogP contribution in [-0.2, 0) is 11.3 Å². The Hall–Kier alpha value is -3.24. The zero-order valence-corrected chi connectivity index (χ0v) is 18.6. The molecule has 9 nitrogen and oxygen atoms in total. The molecule has 1 aliphatic rings. The summed E-state index contributed by atoms with van der Waals surface area (Å²) in [6, 6.07) is 11.7. The van der Waals surface area contributed by atoms with Crippen molar-refractivity contribution in [2.75, 3.05) is 31.1 Å². The van der Waals surface area contributed by atoms with E-state index in [4.69, 9.17) is 23.8 Å². The van der Waals surface area contributed by atoms with Crippen molar-refractivity contribution < 1.29 is 9.72 Å². The molecule has 4 rings (SSSR count). The van der Waals surface area contributed by atoms with Crippen molar-refractivity contribution in [1.29, 1.82) is 0 Å². The summed E-state index contributed by atoms with van der Waals surface area (Å²) in [5.41, 5.74) is 0.872. The lowest BCUT2D eigenvalue weighted by Crippen LogP contribution is -2.49. The molecule has 0 unspecified atom stereocenters. The highest BCUT2D eigenvalue weighted by atomic mass is 35.5. The first-order chi connectivity index (χ1) is 15.3. The molecule has 0 radical (unpaired) electrons. The Kier molecular flexibility index (Phi) is 6.24. The lowest BCUT2D eigenvalue weighted by Gasteiger charge is -2.36. The number of aromatic amines is 1. The second-order valence-corrected chi connectivity index (χ2v) is 8.26. The standard InChI is InChI=1S/C21H20ClN5O4S/c22-14-5-6-17(18(13-14)27(30)31)24-9-11-25(12-10-24)19(28)7-8-26-20(29)15-3-1-2-4-16(15)23-21(26)32/h1-6,13H,7-12H2,(H,23,32). The van der Waals surface area contributed by atoms with E-state index >= 15 is 0 Å². The van der Waals surface area contributed by atoms with Gasteiger partial charge in [0.1, 0.15) is 5.69 Å². The van der Waals surface area contributed by atoms with E-state index < -0.39 is 4.92 Å². The Morgan fingerprint density at radius 1 is 1.16 bits per heavy atom. The van der Waals surface area contributed by atoms with Crippen LogP contribution in [0.3, 0.4) is 0 Å². The number of anilines is 1. The fraction of sp³-hybridized carbons (Fsp3) is 0.286. The number of piperazine rings is 1. The molecule has 2 aromatic carbocycles. The van der Waals surface area contributed by atoms with Crippen LogP contribution in [0.4, 0.5) is 11.4 Å². The van der Waals surface area contributed by atoms with Gasteiger partial charge in [0.15, 0.2) is 4.77 Å². The SMILES string of the molecule is O=C(CCn1c(=S)[nH]c2ccccc2c1=O)N1CCN(c2ccc(Cl)cc2[N+](=O)[O-])CC1. The zero-order chi connectivity index (χ0) is 22.8.